The van der Waals surface area contributed by atoms with Crippen molar-refractivity contribution >= 4 is 5.97 Å². The number of aromatic hydroxyl groups is 1. The van der Waals surface area contributed by atoms with Gasteiger partial charge in [-0.05, 0) is 47.9 Å². The molecule has 4 aliphatic heterocycles. The lowest BCUT2D eigenvalue weighted by molar-refractivity contribution is -0.364. The number of benzene rings is 2. The average Bonchev–Trinajstić information content (AvgIpc) is 3.61. The highest BCUT2D eigenvalue weighted by atomic mass is 16.8. The average molecular weight is 591 g/mol. The molecule has 7 rings (SSSR count). The summed E-state index contributed by atoms with van der Waals surface area (Å²) in [6, 6.07) is 6.83. The fourth-order valence-electron chi connectivity index (χ4n) is 6.79. The number of carbonyl (C=O) groups is 1. The molecule has 2 unspecified atom stereocenters. The number of rotatable bonds is 5. The van der Waals surface area contributed by atoms with Crippen molar-refractivity contribution in [3.8, 4) is 23.0 Å². The maximum Gasteiger partial charge on any atom is 0.310 e. The van der Waals surface area contributed by atoms with Gasteiger partial charge in [-0.1, -0.05) is 0 Å². The second kappa shape index (κ2) is 10.5. The van der Waals surface area contributed by atoms with E-state index in [0.29, 0.717) is 28.2 Å². The Morgan fingerprint density at radius 2 is 1.76 bits per heavy atom. The van der Waals surface area contributed by atoms with E-state index in [1.165, 1.54) is 7.11 Å². The van der Waals surface area contributed by atoms with Gasteiger partial charge in [-0.15, -0.1) is 0 Å². The summed E-state index contributed by atoms with van der Waals surface area (Å²) < 4.78 is 46.0. The van der Waals surface area contributed by atoms with Gasteiger partial charge >= 0.3 is 5.97 Å². The van der Waals surface area contributed by atoms with E-state index in [2.05, 4.69) is 0 Å². The van der Waals surface area contributed by atoms with Crippen molar-refractivity contribution in [3.05, 3.63) is 46.5 Å². The summed E-state index contributed by atoms with van der Waals surface area (Å²) in [6.07, 6.45) is -6.87. The second-order valence-corrected chi connectivity index (χ2v) is 11.1. The molecule has 0 amide bonds. The standard InChI is InChI=1S/C29H32O13.H2/c1-11-36-9-20-27(40-11)24(32)25(33)29(41-20)42-26-15-6-18-17(38-10-39-18)5-14(15)21(22-16(26)8-37-28(22)34)12-3-13(7-30)23(31)19(4-12)35-2;/h3-6,11,16,20-22,24-27,29-33H,7-10H2,1-2H3;1H/t11-,16+,20?,21-,22+,24+,25?,26-,27-,29+;/m1./s1. The molecule has 10 atom stereocenters. The summed E-state index contributed by atoms with van der Waals surface area (Å²) in [7, 11) is 1.40. The highest BCUT2D eigenvalue weighted by Gasteiger charge is 2.56. The molecular weight excluding hydrogens is 556 g/mol. The number of cyclic esters (lactones) is 1. The Kier molecular flexibility index (Phi) is 6.93. The number of esters is 1. The predicted molar refractivity (Wildman–Crippen MR) is 140 cm³/mol. The Morgan fingerprint density at radius 3 is 2.50 bits per heavy atom. The molecular formula is C29H34O13. The molecule has 3 saturated heterocycles. The van der Waals surface area contributed by atoms with Crippen LogP contribution in [0.2, 0.25) is 0 Å². The van der Waals surface area contributed by atoms with Crippen LogP contribution in [0.1, 0.15) is 42.6 Å². The Labute approximate surface area is 241 Å². The van der Waals surface area contributed by atoms with Crippen LogP contribution in [-0.2, 0) is 35.1 Å². The van der Waals surface area contributed by atoms with Gasteiger partial charge in [0.15, 0.2) is 35.6 Å². The van der Waals surface area contributed by atoms with Crippen LogP contribution in [0.3, 0.4) is 0 Å². The van der Waals surface area contributed by atoms with Crippen LogP contribution in [0.25, 0.3) is 0 Å². The third-order valence-corrected chi connectivity index (χ3v) is 8.81. The van der Waals surface area contributed by atoms with E-state index in [-0.39, 0.29) is 38.5 Å². The minimum Gasteiger partial charge on any atom is -0.504 e. The molecule has 0 spiro atoms. The summed E-state index contributed by atoms with van der Waals surface area (Å²) in [5, 5.41) is 42.4. The second-order valence-electron chi connectivity index (χ2n) is 11.1. The number of fused-ring (bicyclic) bond motifs is 4. The molecule has 13 heteroatoms. The number of phenols is 1. The first-order valence-corrected chi connectivity index (χ1v) is 13.8. The molecule has 1 aliphatic carbocycles. The van der Waals surface area contributed by atoms with Crippen LogP contribution in [0.5, 0.6) is 23.0 Å². The summed E-state index contributed by atoms with van der Waals surface area (Å²) in [6.45, 7) is 1.43. The molecule has 0 aromatic heterocycles. The first-order valence-electron chi connectivity index (χ1n) is 13.8. The lowest BCUT2D eigenvalue weighted by Gasteiger charge is -2.47. The molecule has 0 saturated carbocycles. The van der Waals surface area contributed by atoms with Crippen molar-refractivity contribution in [3.63, 3.8) is 0 Å². The van der Waals surface area contributed by atoms with Gasteiger partial charge in [0.1, 0.15) is 24.4 Å². The molecule has 2 aromatic carbocycles. The van der Waals surface area contributed by atoms with Gasteiger partial charge in [0, 0.05) is 18.8 Å². The van der Waals surface area contributed by atoms with Crippen LogP contribution in [0.15, 0.2) is 24.3 Å². The van der Waals surface area contributed by atoms with Crippen molar-refractivity contribution in [2.24, 2.45) is 11.8 Å². The zero-order valence-corrected chi connectivity index (χ0v) is 22.9. The Bertz CT molecular complexity index is 1360. The fourth-order valence-corrected chi connectivity index (χ4v) is 6.79. The van der Waals surface area contributed by atoms with Gasteiger partial charge in [0.25, 0.3) is 0 Å². The zero-order valence-electron chi connectivity index (χ0n) is 22.9. The van der Waals surface area contributed by atoms with Gasteiger partial charge in [-0.3, -0.25) is 4.79 Å². The SMILES string of the molecule is COc1cc([C@@H]2c3cc4c(cc3[C@@H](O[C@@H]3OC5CO[C@@H](C)O[C@H]5[C@@H](O)C3O)[C@H]3COC(=O)[C@H]23)OCO4)cc(CO)c1O.[HH]. The summed E-state index contributed by atoms with van der Waals surface area (Å²) in [5.74, 6) is -1.40. The maximum atomic E-state index is 13.4. The molecule has 228 valence electrons. The molecule has 3 fully saturated rings. The van der Waals surface area contributed by atoms with Crippen molar-refractivity contribution < 1.29 is 64.5 Å². The molecule has 0 bridgehead atoms. The molecule has 42 heavy (non-hydrogen) atoms. The van der Waals surface area contributed by atoms with Gasteiger partial charge in [-0.25, -0.2) is 0 Å². The van der Waals surface area contributed by atoms with Crippen LogP contribution >= 0.6 is 0 Å². The van der Waals surface area contributed by atoms with Gasteiger partial charge in [0.2, 0.25) is 6.79 Å². The Balaban J connectivity index is 0.00000329. The first-order chi connectivity index (χ1) is 20.3. The van der Waals surface area contributed by atoms with Crippen molar-refractivity contribution in [2.45, 2.75) is 62.5 Å². The largest absolute Gasteiger partial charge is 0.504 e. The maximum absolute atomic E-state index is 13.4. The molecule has 2 aromatic rings. The predicted octanol–water partition coefficient (Wildman–Crippen LogP) is 1.07. The van der Waals surface area contributed by atoms with E-state index in [9.17, 15) is 25.2 Å². The lowest BCUT2D eigenvalue weighted by Crippen LogP contribution is -2.63. The molecule has 5 aliphatic rings. The number of methoxy groups -OCH3 is 1. The molecule has 0 radical (unpaired) electrons. The van der Waals surface area contributed by atoms with Crippen molar-refractivity contribution in [1.29, 1.82) is 0 Å². The number of ether oxygens (including phenoxy) is 8. The Hall–Kier alpha value is -3.17. The topological polar surface area (TPSA) is 172 Å². The molecule has 4 N–H and O–H groups in total. The van der Waals surface area contributed by atoms with Crippen LogP contribution < -0.4 is 14.2 Å². The van der Waals surface area contributed by atoms with E-state index in [1.807, 2.05) is 0 Å². The van der Waals surface area contributed by atoms with E-state index < -0.39 is 73.4 Å². The number of aliphatic hydroxyl groups is 3. The van der Waals surface area contributed by atoms with Crippen LogP contribution in [0, 0.1) is 11.8 Å². The monoisotopic (exact) mass is 590 g/mol. The normalized spacial score (nSPS) is 36.5. The summed E-state index contributed by atoms with van der Waals surface area (Å²) >= 11 is 0. The number of aliphatic hydroxyl groups excluding tert-OH is 3. The van der Waals surface area contributed by atoms with Gasteiger partial charge < -0.3 is 58.3 Å². The lowest BCUT2D eigenvalue weighted by atomic mass is 9.66. The van der Waals surface area contributed by atoms with E-state index in [0.717, 1.165) is 0 Å². The minimum atomic E-state index is -1.45. The fraction of sp³-hybridized carbons (Fsp3) is 0.552. The number of hydrogen-bond donors (Lipinski definition) is 4. The third kappa shape index (κ3) is 4.30. The molecule has 4 heterocycles. The Morgan fingerprint density at radius 1 is 1.00 bits per heavy atom. The zero-order chi connectivity index (χ0) is 29.3. The molecule has 13 nitrogen and oxygen atoms in total. The summed E-state index contributed by atoms with van der Waals surface area (Å²) in [4.78, 5) is 13.4. The first kappa shape index (κ1) is 27.7. The minimum absolute atomic E-state index is 0. The number of hydrogen-bond acceptors (Lipinski definition) is 13. The summed E-state index contributed by atoms with van der Waals surface area (Å²) in [5.41, 5.74) is 2.17. The number of carbonyl (C=O) groups excluding carboxylic acids is 1. The highest BCUT2D eigenvalue weighted by Crippen LogP contribution is 2.56. The highest BCUT2D eigenvalue weighted by molar-refractivity contribution is 5.79. The van der Waals surface area contributed by atoms with E-state index >= 15 is 0 Å². The smallest absolute Gasteiger partial charge is 0.310 e. The van der Waals surface area contributed by atoms with Crippen LogP contribution in [-0.4, -0.2) is 90.5 Å². The van der Waals surface area contributed by atoms with Gasteiger partial charge in [0.05, 0.1) is 39.0 Å². The van der Waals surface area contributed by atoms with Crippen LogP contribution in [0.4, 0.5) is 0 Å². The van der Waals surface area contributed by atoms with Gasteiger partial charge in [-0.2, -0.15) is 0 Å². The third-order valence-electron chi connectivity index (χ3n) is 8.81. The van der Waals surface area contributed by atoms with Crippen molar-refractivity contribution in [1.82, 2.24) is 0 Å². The van der Waals surface area contributed by atoms with E-state index in [1.54, 1.807) is 31.2 Å². The van der Waals surface area contributed by atoms with Crippen molar-refractivity contribution in [2.75, 3.05) is 27.1 Å². The van der Waals surface area contributed by atoms with E-state index in [4.69, 9.17) is 37.9 Å². The quantitative estimate of drug-likeness (QED) is 0.365.